The fourth-order valence-corrected chi connectivity index (χ4v) is 11.1. The highest BCUT2D eigenvalue weighted by Crippen LogP contribution is 2.31. The number of benzene rings is 3. The summed E-state index contributed by atoms with van der Waals surface area (Å²) in [7, 11) is 0. The predicted molar refractivity (Wildman–Crippen MR) is 345 cm³/mol. The summed E-state index contributed by atoms with van der Waals surface area (Å²) < 4.78 is 8.42. The van der Waals surface area contributed by atoms with Crippen LogP contribution in [0.2, 0.25) is 0 Å². The molecule has 1 unspecified atom stereocenters. The first kappa shape index (κ1) is 70.7. The number of anilines is 1. The molecule has 0 saturated heterocycles. The van der Waals surface area contributed by atoms with Gasteiger partial charge in [0.2, 0.25) is 35.4 Å². The van der Waals surface area contributed by atoms with E-state index >= 15 is 0 Å². The van der Waals surface area contributed by atoms with Gasteiger partial charge in [-0.05, 0) is 175 Å². The number of aromatic amines is 1. The lowest BCUT2D eigenvalue weighted by Gasteiger charge is -2.35. The van der Waals surface area contributed by atoms with E-state index in [4.69, 9.17) is 21.9 Å². The molecule has 1 aliphatic rings. The largest absolute Gasteiger partial charge is 0.508 e. The minimum absolute atomic E-state index is 0.0383. The van der Waals surface area contributed by atoms with Crippen molar-refractivity contribution in [2.75, 3.05) is 44.6 Å². The lowest BCUT2D eigenvalue weighted by Crippen LogP contribution is -2.52. The number of hydrogen-bond donors (Lipinski definition) is 11. The molecule has 5 aromatic rings. The highest BCUT2D eigenvalue weighted by molar-refractivity contribution is 5.92. The molecule has 1 aliphatic carbocycles. The molecule has 0 fully saturated rings. The first-order valence-corrected chi connectivity index (χ1v) is 31.9. The standard InChI is InChI=1S/C65H94N14O11/c1-5-36-77(47-26-29-49-45(40-47)15-14-19-54(49)81)39-32-43-20-24-46(25-21-43)73-55(82)31-30-51(67)62(86)71-34-12-9-17-52(58(68)84)74-63(87)53(72-42(4)80)18-10-13-35-70-61(85)50(66)16-8-11-33-69-56(83)41-90-48-27-22-44(23-28-48)59-75-57-60(76-59)78(37-6-2)65(89)79(38-7-3)64(57)88/h14-15,19-25,27-28,47,50-53,81H,5-13,16-18,26,29-41,66-67H2,1-4H3,(H2,68,84)(H,69,83)(H,70,85)(H,71,86)(H,72,80)(H,73,82)(H,74,87)(H,75,76)/t47?,50-,51-,52-,53-/m0/s1. The second-order valence-corrected chi connectivity index (χ2v) is 23.2. The summed E-state index contributed by atoms with van der Waals surface area (Å²) in [6.07, 6.45) is 9.86. The van der Waals surface area contributed by atoms with Crippen molar-refractivity contribution in [3.8, 4) is 22.9 Å². The van der Waals surface area contributed by atoms with E-state index in [1.807, 2.05) is 44.2 Å². The Bertz CT molecular complexity index is 3310. The van der Waals surface area contributed by atoms with E-state index < -0.39 is 53.4 Å². The van der Waals surface area contributed by atoms with E-state index in [9.17, 15) is 48.3 Å². The summed E-state index contributed by atoms with van der Waals surface area (Å²) in [6, 6.07) is 17.1. The highest BCUT2D eigenvalue weighted by Gasteiger charge is 2.27. The number of nitrogens with one attached hydrogen (secondary N) is 7. The monoisotopic (exact) mass is 1250 g/mol. The normalized spacial score (nSPS) is 14.2. The number of nitrogens with two attached hydrogens (primary N) is 3. The molecule has 90 heavy (non-hydrogen) atoms. The van der Waals surface area contributed by atoms with Gasteiger partial charge in [0.15, 0.2) is 12.3 Å². The van der Waals surface area contributed by atoms with Crippen LogP contribution in [0.3, 0.4) is 0 Å². The SMILES string of the molecule is CCCN(CCc1ccc(NC(=O)CC[C@H](N)C(=O)NCCCC[C@H](NC(=O)[C@H](CCCCNC(=O)[C@@H](N)CCCCNC(=O)COc2ccc(-c3nc4c([nH]3)c(=O)n(CCC)c(=O)n4CCC)cc2)NC(C)=O)C(N)=O)cc1)C1CCc2c(O)cccc2C1. The number of aromatic nitrogens is 4. The number of ether oxygens (including phenoxy) is 1. The quantitative estimate of drug-likeness (QED) is 0.0250. The zero-order valence-corrected chi connectivity index (χ0v) is 52.7. The van der Waals surface area contributed by atoms with Crippen LogP contribution in [-0.2, 0) is 65.9 Å². The molecule has 0 saturated carbocycles. The second-order valence-electron chi connectivity index (χ2n) is 23.2. The number of rotatable bonds is 39. The Morgan fingerprint density at radius 1 is 0.722 bits per heavy atom. The third kappa shape index (κ3) is 21.7. The van der Waals surface area contributed by atoms with E-state index in [-0.39, 0.29) is 74.3 Å². The molecule has 5 atom stereocenters. The van der Waals surface area contributed by atoms with Gasteiger partial charge < -0.3 is 63.9 Å². The molecule has 14 N–H and O–H groups in total. The lowest BCUT2D eigenvalue weighted by molar-refractivity contribution is -0.131. The zero-order valence-electron chi connectivity index (χ0n) is 52.7. The van der Waals surface area contributed by atoms with Crippen molar-refractivity contribution in [2.45, 2.75) is 187 Å². The molecule has 0 bridgehead atoms. The van der Waals surface area contributed by atoms with Crippen molar-refractivity contribution >= 4 is 58.2 Å². The number of nitrogens with zero attached hydrogens (tertiary/aromatic N) is 4. The van der Waals surface area contributed by atoms with Gasteiger partial charge in [0.1, 0.15) is 34.9 Å². The Morgan fingerprint density at radius 3 is 2.00 bits per heavy atom. The smallest absolute Gasteiger partial charge is 0.332 e. The molecule has 0 spiro atoms. The van der Waals surface area contributed by atoms with Crippen LogP contribution in [0.1, 0.15) is 141 Å². The summed E-state index contributed by atoms with van der Waals surface area (Å²) in [6.45, 7) is 10.6. The Balaban J connectivity index is 0.790. The van der Waals surface area contributed by atoms with Gasteiger partial charge in [-0.25, -0.2) is 9.78 Å². The number of aromatic hydroxyl groups is 1. The molecule has 490 valence electrons. The van der Waals surface area contributed by atoms with Gasteiger partial charge in [0.25, 0.3) is 11.5 Å². The van der Waals surface area contributed by atoms with Crippen LogP contribution in [0.25, 0.3) is 22.6 Å². The molecular weight excluding hydrogens is 1150 g/mol. The second kappa shape index (κ2) is 36.3. The van der Waals surface area contributed by atoms with E-state index in [1.54, 1.807) is 30.3 Å². The van der Waals surface area contributed by atoms with Crippen LogP contribution in [-0.4, -0.2) is 140 Å². The van der Waals surface area contributed by atoms with Crippen molar-refractivity contribution < 1.29 is 43.4 Å². The van der Waals surface area contributed by atoms with Gasteiger partial charge in [0.05, 0.1) is 12.1 Å². The van der Waals surface area contributed by atoms with Crippen molar-refractivity contribution in [2.24, 2.45) is 17.2 Å². The number of imidazole rings is 1. The number of aryl methyl sites for hydroxylation is 1. The Morgan fingerprint density at radius 2 is 1.36 bits per heavy atom. The molecule has 0 radical (unpaired) electrons. The molecule has 25 heteroatoms. The summed E-state index contributed by atoms with van der Waals surface area (Å²) in [5.41, 5.74) is 22.5. The van der Waals surface area contributed by atoms with Crippen LogP contribution >= 0.6 is 0 Å². The first-order chi connectivity index (χ1) is 43.3. The number of H-pyrrole nitrogens is 1. The lowest BCUT2D eigenvalue weighted by atomic mass is 9.86. The predicted octanol–water partition coefficient (Wildman–Crippen LogP) is 3.68. The number of primary amides is 1. The number of unbranched alkanes of at least 4 members (excludes halogenated alkanes) is 3. The van der Waals surface area contributed by atoms with Crippen molar-refractivity contribution in [3.63, 3.8) is 0 Å². The van der Waals surface area contributed by atoms with Crippen LogP contribution in [0.5, 0.6) is 11.5 Å². The van der Waals surface area contributed by atoms with Crippen LogP contribution in [0.4, 0.5) is 5.69 Å². The number of phenolic OH excluding ortho intramolecular Hbond substituents is 1. The summed E-state index contributed by atoms with van der Waals surface area (Å²) >= 11 is 0. The van der Waals surface area contributed by atoms with Crippen LogP contribution in [0, 0.1) is 0 Å². The van der Waals surface area contributed by atoms with E-state index in [0.717, 1.165) is 56.3 Å². The number of hydrogen-bond acceptors (Lipinski definition) is 15. The van der Waals surface area contributed by atoms with Crippen LogP contribution in [0.15, 0.2) is 76.3 Å². The molecule has 6 rings (SSSR count). The molecule has 2 aromatic heterocycles. The first-order valence-electron chi connectivity index (χ1n) is 31.9. The van der Waals surface area contributed by atoms with E-state index in [1.165, 1.54) is 21.6 Å². The third-order valence-corrected chi connectivity index (χ3v) is 16.0. The average molecular weight is 1250 g/mol. The fraction of sp³-hybridized carbons (Fsp3) is 0.538. The average Bonchev–Trinajstić information content (AvgIpc) is 1.59. The van der Waals surface area contributed by atoms with Gasteiger partial charge in [-0.15, -0.1) is 0 Å². The molecular formula is C65H94N14O11. The number of fused-ring (bicyclic) bond motifs is 2. The van der Waals surface area contributed by atoms with Crippen molar-refractivity contribution in [3.05, 3.63) is 104 Å². The maximum absolute atomic E-state index is 13.3. The maximum atomic E-state index is 13.3. The number of phenols is 1. The minimum atomic E-state index is -1.04. The summed E-state index contributed by atoms with van der Waals surface area (Å²) in [4.78, 5) is 125. The number of carbonyl (C=O) groups excluding carboxylic acids is 7. The Hall–Kier alpha value is -8.42. The zero-order chi connectivity index (χ0) is 65.1. The number of carbonyl (C=O) groups is 7. The maximum Gasteiger partial charge on any atom is 0.332 e. The van der Waals surface area contributed by atoms with Gasteiger partial charge >= 0.3 is 5.69 Å². The molecule has 3 aromatic carbocycles. The molecule has 7 amide bonds. The van der Waals surface area contributed by atoms with Gasteiger partial charge in [-0.1, -0.05) is 45.0 Å². The van der Waals surface area contributed by atoms with Crippen molar-refractivity contribution in [1.29, 1.82) is 0 Å². The summed E-state index contributed by atoms with van der Waals surface area (Å²) in [5.74, 6) is -1.91. The molecule has 25 nitrogen and oxygen atoms in total. The summed E-state index contributed by atoms with van der Waals surface area (Å²) in [5, 5.41) is 26.8. The topological polar surface area (TPSA) is 375 Å². The van der Waals surface area contributed by atoms with E-state index in [0.29, 0.717) is 118 Å². The highest BCUT2D eigenvalue weighted by atomic mass is 16.5. The number of amides is 7. The fourth-order valence-electron chi connectivity index (χ4n) is 11.1. The van der Waals surface area contributed by atoms with Crippen molar-refractivity contribution in [1.82, 2.24) is 50.6 Å². The Labute approximate surface area is 525 Å². The minimum Gasteiger partial charge on any atom is -0.508 e. The molecule has 2 heterocycles. The molecule has 0 aliphatic heterocycles. The van der Waals surface area contributed by atoms with Gasteiger partial charge in [-0.3, -0.25) is 52.4 Å². The van der Waals surface area contributed by atoms with Gasteiger partial charge in [0, 0.05) is 69.9 Å². The third-order valence-electron chi connectivity index (χ3n) is 16.0. The van der Waals surface area contributed by atoms with E-state index in [2.05, 4.69) is 59.8 Å². The van der Waals surface area contributed by atoms with Crippen LogP contribution < -0.4 is 65.1 Å². The van der Waals surface area contributed by atoms with Gasteiger partial charge in [-0.2, -0.15) is 0 Å². The Kier molecular flexibility index (Phi) is 28.5.